The summed E-state index contributed by atoms with van der Waals surface area (Å²) >= 11 is 0. The van der Waals surface area contributed by atoms with Gasteiger partial charge in [0.05, 0.1) is 6.61 Å². The highest BCUT2D eigenvalue weighted by Crippen LogP contribution is 2.22. The number of urea groups is 1. The van der Waals surface area contributed by atoms with Crippen molar-refractivity contribution in [3.05, 3.63) is 24.0 Å². The van der Waals surface area contributed by atoms with Crippen LogP contribution >= 0.6 is 0 Å². The summed E-state index contributed by atoms with van der Waals surface area (Å²) in [5.74, 6) is -0.346. The monoisotopic (exact) mass is 212 g/mol. The Bertz CT molecular complexity index is 368. The van der Waals surface area contributed by atoms with E-state index in [4.69, 9.17) is 10.5 Å². The Hall–Kier alpha value is -1.78. The lowest BCUT2D eigenvalue weighted by molar-refractivity contribution is 0.255. The molecule has 82 valence electrons. The fraction of sp³-hybridized carbons (Fsp3) is 0.300. The summed E-state index contributed by atoms with van der Waals surface area (Å²) in [7, 11) is 1.47. The number of anilines is 1. The summed E-state index contributed by atoms with van der Waals surface area (Å²) in [5.41, 5.74) is 5.44. The molecule has 0 aliphatic rings. The van der Waals surface area contributed by atoms with E-state index in [1.165, 1.54) is 19.2 Å². The molecule has 5 heteroatoms. The lowest BCUT2D eigenvalue weighted by Crippen LogP contribution is -2.31. The van der Waals surface area contributed by atoms with Crippen molar-refractivity contribution < 1.29 is 13.9 Å². The van der Waals surface area contributed by atoms with Crippen LogP contribution in [0.1, 0.15) is 6.92 Å². The third-order valence-corrected chi connectivity index (χ3v) is 1.93. The fourth-order valence-electron chi connectivity index (χ4n) is 1.10. The van der Waals surface area contributed by atoms with Gasteiger partial charge in [-0.05, 0) is 19.1 Å². The van der Waals surface area contributed by atoms with E-state index >= 15 is 0 Å². The zero-order valence-electron chi connectivity index (χ0n) is 8.66. The molecule has 0 bridgehead atoms. The first-order chi connectivity index (χ1) is 7.06. The van der Waals surface area contributed by atoms with Crippen molar-refractivity contribution in [1.29, 1.82) is 0 Å². The second kappa shape index (κ2) is 4.63. The molecule has 1 rings (SSSR count). The second-order valence-corrected chi connectivity index (χ2v) is 2.94. The average molecular weight is 212 g/mol. The molecule has 0 fully saturated rings. The van der Waals surface area contributed by atoms with E-state index in [1.54, 1.807) is 13.0 Å². The highest BCUT2D eigenvalue weighted by Gasteiger charge is 2.10. The van der Waals surface area contributed by atoms with E-state index in [-0.39, 0.29) is 5.75 Å². The third kappa shape index (κ3) is 2.59. The number of nitrogens with zero attached hydrogens (tertiary/aromatic N) is 1. The van der Waals surface area contributed by atoms with Crippen LogP contribution in [0, 0.1) is 5.82 Å². The van der Waals surface area contributed by atoms with Crippen LogP contribution in [0.5, 0.6) is 5.75 Å². The van der Waals surface area contributed by atoms with Gasteiger partial charge in [-0.15, -0.1) is 0 Å². The number of carbonyl (C=O) groups is 1. The molecule has 2 N–H and O–H groups in total. The van der Waals surface area contributed by atoms with Gasteiger partial charge in [0, 0.05) is 18.8 Å². The molecule has 0 spiro atoms. The number of nitrogens with two attached hydrogens (primary N) is 1. The predicted octanol–water partition coefficient (Wildman–Crippen LogP) is 1.74. The molecule has 0 heterocycles. The quantitative estimate of drug-likeness (QED) is 0.829. The average Bonchev–Trinajstić information content (AvgIpc) is 2.20. The number of ether oxygens (including phenoxy) is 1. The molecule has 0 atom stereocenters. The fourth-order valence-corrected chi connectivity index (χ4v) is 1.10. The van der Waals surface area contributed by atoms with E-state index < -0.39 is 11.8 Å². The number of hydrogen-bond donors (Lipinski definition) is 1. The van der Waals surface area contributed by atoms with Crippen molar-refractivity contribution in [3.63, 3.8) is 0 Å². The number of carbonyl (C=O) groups excluding carboxylic acids is 1. The zero-order chi connectivity index (χ0) is 11.4. The molecule has 0 unspecified atom stereocenters. The smallest absolute Gasteiger partial charge is 0.318 e. The minimum absolute atomic E-state index is 0.166. The number of benzene rings is 1. The number of halogens is 1. The van der Waals surface area contributed by atoms with Crippen LogP contribution in [-0.4, -0.2) is 19.7 Å². The number of rotatable bonds is 3. The summed E-state index contributed by atoms with van der Waals surface area (Å²) in [6.45, 7) is 2.16. The molecule has 0 aromatic heterocycles. The maximum Gasteiger partial charge on any atom is 0.318 e. The summed E-state index contributed by atoms with van der Waals surface area (Å²) in [5, 5.41) is 0. The van der Waals surface area contributed by atoms with Crippen molar-refractivity contribution in [2.45, 2.75) is 6.92 Å². The van der Waals surface area contributed by atoms with Crippen LogP contribution < -0.4 is 15.4 Å². The maximum absolute atomic E-state index is 13.4. The van der Waals surface area contributed by atoms with Crippen LogP contribution in [0.2, 0.25) is 0 Å². The van der Waals surface area contributed by atoms with Gasteiger partial charge in [0.2, 0.25) is 0 Å². The molecular formula is C10H13FN2O2. The van der Waals surface area contributed by atoms with Crippen molar-refractivity contribution in [3.8, 4) is 5.75 Å². The van der Waals surface area contributed by atoms with Gasteiger partial charge in [0.25, 0.3) is 0 Å². The summed E-state index contributed by atoms with van der Waals surface area (Å²) in [6.07, 6.45) is 0. The first-order valence-electron chi connectivity index (χ1n) is 4.51. The molecule has 1 aromatic rings. The molecule has 4 nitrogen and oxygen atoms in total. The molecule has 0 aliphatic carbocycles. The van der Waals surface area contributed by atoms with Gasteiger partial charge in [0.15, 0.2) is 11.6 Å². The SMILES string of the molecule is CCOc1ccc(N(C)C(N)=O)cc1F. The Morgan fingerprint density at radius 2 is 2.27 bits per heavy atom. The topological polar surface area (TPSA) is 55.6 Å². The minimum Gasteiger partial charge on any atom is -0.491 e. The molecule has 15 heavy (non-hydrogen) atoms. The van der Waals surface area contributed by atoms with E-state index in [1.807, 2.05) is 0 Å². The second-order valence-electron chi connectivity index (χ2n) is 2.94. The Morgan fingerprint density at radius 3 is 2.73 bits per heavy atom. The Kier molecular flexibility index (Phi) is 3.49. The van der Waals surface area contributed by atoms with Crippen molar-refractivity contribution in [2.75, 3.05) is 18.6 Å². The number of primary amides is 1. The predicted molar refractivity (Wildman–Crippen MR) is 55.6 cm³/mol. The van der Waals surface area contributed by atoms with E-state index in [0.29, 0.717) is 12.3 Å². The standard InChI is InChI=1S/C10H13FN2O2/c1-3-15-9-5-4-7(6-8(9)11)13(2)10(12)14/h4-6H,3H2,1-2H3,(H2,12,14). The zero-order valence-corrected chi connectivity index (χ0v) is 8.66. The normalized spacial score (nSPS) is 9.80. The Balaban J connectivity index is 2.95. The maximum atomic E-state index is 13.4. The van der Waals surface area contributed by atoms with Crippen molar-refractivity contribution in [2.24, 2.45) is 5.73 Å². The van der Waals surface area contributed by atoms with Crippen LogP contribution in [0.15, 0.2) is 18.2 Å². The Morgan fingerprint density at radius 1 is 1.60 bits per heavy atom. The van der Waals surface area contributed by atoms with E-state index in [0.717, 1.165) is 4.90 Å². The van der Waals surface area contributed by atoms with Gasteiger partial charge in [-0.2, -0.15) is 0 Å². The summed E-state index contributed by atoms with van der Waals surface area (Å²) < 4.78 is 18.4. The molecule has 1 aromatic carbocycles. The molecule has 0 aliphatic heterocycles. The van der Waals surface area contributed by atoms with Crippen LogP contribution in [0.3, 0.4) is 0 Å². The van der Waals surface area contributed by atoms with Gasteiger partial charge in [0.1, 0.15) is 0 Å². The van der Waals surface area contributed by atoms with E-state index in [9.17, 15) is 9.18 Å². The van der Waals surface area contributed by atoms with E-state index in [2.05, 4.69) is 0 Å². The summed E-state index contributed by atoms with van der Waals surface area (Å²) in [6, 6.07) is 3.60. The van der Waals surface area contributed by atoms with Gasteiger partial charge >= 0.3 is 6.03 Å². The number of amides is 2. The van der Waals surface area contributed by atoms with Gasteiger partial charge in [-0.3, -0.25) is 4.90 Å². The lowest BCUT2D eigenvalue weighted by Gasteiger charge is -2.15. The first-order valence-corrected chi connectivity index (χ1v) is 4.51. The van der Waals surface area contributed by atoms with Gasteiger partial charge in [-0.1, -0.05) is 0 Å². The molecular weight excluding hydrogens is 199 g/mol. The number of hydrogen-bond acceptors (Lipinski definition) is 2. The van der Waals surface area contributed by atoms with Gasteiger partial charge < -0.3 is 10.5 Å². The van der Waals surface area contributed by atoms with Crippen molar-refractivity contribution >= 4 is 11.7 Å². The summed E-state index contributed by atoms with van der Waals surface area (Å²) in [4.78, 5) is 12.0. The first kappa shape index (κ1) is 11.3. The molecule has 0 radical (unpaired) electrons. The van der Waals surface area contributed by atoms with Gasteiger partial charge in [-0.25, -0.2) is 9.18 Å². The minimum atomic E-state index is -0.640. The molecule has 0 saturated heterocycles. The van der Waals surface area contributed by atoms with Crippen molar-refractivity contribution in [1.82, 2.24) is 0 Å². The highest BCUT2D eigenvalue weighted by atomic mass is 19.1. The highest BCUT2D eigenvalue weighted by molar-refractivity contribution is 5.90. The largest absolute Gasteiger partial charge is 0.491 e. The lowest BCUT2D eigenvalue weighted by atomic mass is 10.2. The Labute approximate surface area is 87.4 Å². The van der Waals surface area contributed by atoms with Crippen LogP contribution in [-0.2, 0) is 0 Å². The van der Waals surface area contributed by atoms with Crippen LogP contribution in [0.4, 0.5) is 14.9 Å². The third-order valence-electron chi connectivity index (χ3n) is 1.93. The molecule has 0 saturated carbocycles. The molecule has 2 amide bonds. The van der Waals surface area contributed by atoms with Crippen LogP contribution in [0.25, 0.3) is 0 Å².